The fraction of sp³-hybridized carbons (Fsp3) is 0.462. The average Bonchev–Trinajstić information content (AvgIpc) is 2.86. The number of ether oxygens (including phenoxy) is 1. The summed E-state index contributed by atoms with van der Waals surface area (Å²) in [6, 6.07) is 1.39. The smallest absolute Gasteiger partial charge is 0.255 e. The molecule has 3 heterocycles. The molecule has 0 bridgehead atoms. The maximum Gasteiger partial charge on any atom is 0.255 e. The summed E-state index contributed by atoms with van der Waals surface area (Å²) in [6.07, 6.45) is 3.39. The molecule has 1 aromatic heterocycles. The Bertz CT molecular complexity index is 550. The Morgan fingerprint density at radius 2 is 2.35 bits per heavy atom. The Balaban J connectivity index is 1.71. The van der Waals surface area contributed by atoms with Gasteiger partial charge in [-0.1, -0.05) is 0 Å². The van der Waals surface area contributed by atoms with E-state index < -0.39 is 5.60 Å². The molecular formula is C13H15N3O4. The molecule has 2 fully saturated rings. The summed E-state index contributed by atoms with van der Waals surface area (Å²) in [5, 5.41) is 12.1. The van der Waals surface area contributed by atoms with Crippen molar-refractivity contribution >= 4 is 11.8 Å². The highest BCUT2D eigenvalue weighted by Crippen LogP contribution is 2.28. The SMILES string of the molecule is O=C1COC2(CCN(C(=O)c3cncc(O)c3)C2)CN1. The van der Waals surface area contributed by atoms with E-state index in [1.165, 1.54) is 18.5 Å². The number of likely N-dealkylation sites (tertiary alicyclic amines) is 1. The van der Waals surface area contributed by atoms with Crippen LogP contribution in [0.15, 0.2) is 18.5 Å². The third-order valence-corrected chi connectivity index (χ3v) is 3.69. The molecule has 2 saturated heterocycles. The van der Waals surface area contributed by atoms with Gasteiger partial charge in [0, 0.05) is 19.3 Å². The Kier molecular flexibility index (Phi) is 3.06. The fourth-order valence-corrected chi connectivity index (χ4v) is 2.59. The summed E-state index contributed by atoms with van der Waals surface area (Å²) in [6.45, 7) is 1.45. The van der Waals surface area contributed by atoms with E-state index in [2.05, 4.69) is 10.3 Å². The molecule has 0 saturated carbocycles. The van der Waals surface area contributed by atoms with Crippen LogP contribution in [0, 0.1) is 0 Å². The summed E-state index contributed by atoms with van der Waals surface area (Å²) in [4.78, 5) is 28.9. The second-order valence-corrected chi connectivity index (χ2v) is 5.16. The number of amides is 2. The molecule has 0 radical (unpaired) electrons. The first-order valence-electron chi connectivity index (χ1n) is 6.42. The Morgan fingerprint density at radius 1 is 1.50 bits per heavy atom. The minimum absolute atomic E-state index is 0.0362. The predicted octanol–water partition coefficient (Wildman–Crippen LogP) is -0.482. The fourth-order valence-electron chi connectivity index (χ4n) is 2.59. The molecule has 1 spiro atoms. The minimum atomic E-state index is -0.478. The van der Waals surface area contributed by atoms with Crippen molar-refractivity contribution in [2.24, 2.45) is 0 Å². The van der Waals surface area contributed by atoms with Gasteiger partial charge < -0.3 is 20.1 Å². The average molecular weight is 277 g/mol. The number of pyridine rings is 1. The molecule has 7 heteroatoms. The Labute approximate surface area is 115 Å². The van der Waals surface area contributed by atoms with Crippen LogP contribution in [0.2, 0.25) is 0 Å². The first-order chi connectivity index (χ1) is 9.58. The van der Waals surface area contributed by atoms with Gasteiger partial charge in [0.25, 0.3) is 5.91 Å². The van der Waals surface area contributed by atoms with Gasteiger partial charge in [-0.2, -0.15) is 0 Å². The predicted molar refractivity (Wildman–Crippen MR) is 68.1 cm³/mol. The van der Waals surface area contributed by atoms with Gasteiger partial charge in [-0.05, 0) is 12.5 Å². The first-order valence-corrected chi connectivity index (χ1v) is 6.42. The van der Waals surface area contributed by atoms with Crippen molar-refractivity contribution in [2.45, 2.75) is 12.0 Å². The van der Waals surface area contributed by atoms with Gasteiger partial charge in [-0.25, -0.2) is 0 Å². The highest BCUT2D eigenvalue weighted by molar-refractivity contribution is 5.94. The normalized spacial score (nSPS) is 25.8. The molecule has 20 heavy (non-hydrogen) atoms. The number of carbonyl (C=O) groups is 2. The maximum atomic E-state index is 12.3. The highest BCUT2D eigenvalue weighted by atomic mass is 16.5. The van der Waals surface area contributed by atoms with Crippen molar-refractivity contribution in [3.05, 3.63) is 24.0 Å². The zero-order chi connectivity index (χ0) is 14.2. The molecule has 1 aromatic rings. The van der Waals surface area contributed by atoms with E-state index in [4.69, 9.17) is 4.74 Å². The number of carbonyl (C=O) groups excluding carboxylic acids is 2. The van der Waals surface area contributed by atoms with E-state index in [9.17, 15) is 14.7 Å². The third-order valence-electron chi connectivity index (χ3n) is 3.69. The first kappa shape index (κ1) is 12.9. The van der Waals surface area contributed by atoms with Crippen LogP contribution in [0.3, 0.4) is 0 Å². The zero-order valence-corrected chi connectivity index (χ0v) is 10.8. The molecule has 2 aliphatic rings. The van der Waals surface area contributed by atoms with Crippen molar-refractivity contribution in [1.82, 2.24) is 15.2 Å². The number of aromatic nitrogens is 1. The zero-order valence-electron chi connectivity index (χ0n) is 10.8. The topological polar surface area (TPSA) is 91.8 Å². The number of hydrogen-bond acceptors (Lipinski definition) is 5. The summed E-state index contributed by atoms with van der Waals surface area (Å²) >= 11 is 0. The number of nitrogens with zero attached hydrogens (tertiary/aromatic N) is 2. The summed E-state index contributed by atoms with van der Waals surface area (Å²) in [5.41, 5.74) is -0.129. The third kappa shape index (κ3) is 2.32. The monoisotopic (exact) mass is 277 g/mol. The van der Waals surface area contributed by atoms with E-state index in [1.807, 2.05) is 0 Å². The lowest BCUT2D eigenvalue weighted by atomic mass is 10.0. The van der Waals surface area contributed by atoms with Gasteiger partial charge in [-0.15, -0.1) is 0 Å². The molecular weight excluding hydrogens is 262 g/mol. The number of rotatable bonds is 1. The van der Waals surface area contributed by atoms with Gasteiger partial charge in [0.2, 0.25) is 5.91 Å². The van der Waals surface area contributed by atoms with Gasteiger partial charge in [0.1, 0.15) is 18.0 Å². The van der Waals surface area contributed by atoms with Crippen molar-refractivity contribution in [3.63, 3.8) is 0 Å². The van der Waals surface area contributed by atoms with Crippen molar-refractivity contribution in [1.29, 1.82) is 0 Å². The van der Waals surface area contributed by atoms with Crippen LogP contribution in [0.5, 0.6) is 5.75 Å². The van der Waals surface area contributed by atoms with Crippen molar-refractivity contribution in [3.8, 4) is 5.75 Å². The quantitative estimate of drug-likeness (QED) is 0.723. The lowest BCUT2D eigenvalue weighted by Crippen LogP contribution is -2.54. The standard InChI is InChI=1S/C13H15N3O4/c17-10-3-9(4-14-5-10)12(19)16-2-1-13(8-16)7-15-11(18)6-20-13/h3-5,17H,1-2,6-8H2,(H,15,18). The Hall–Kier alpha value is -2.15. The summed E-state index contributed by atoms with van der Waals surface area (Å²) < 4.78 is 5.61. The summed E-state index contributed by atoms with van der Waals surface area (Å²) in [7, 11) is 0. The highest BCUT2D eigenvalue weighted by Gasteiger charge is 2.43. The number of morpholine rings is 1. The number of hydrogen-bond donors (Lipinski definition) is 2. The maximum absolute atomic E-state index is 12.3. The Morgan fingerprint density at radius 3 is 3.05 bits per heavy atom. The van der Waals surface area contributed by atoms with E-state index in [1.54, 1.807) is 4.90 Å². The molecule has 106 valence electrons. The van der Waals surface area contributed by atoms with Crippen LogP contribution in [0.4, 0.5) is 0 Å². The lowest BCUT2D eigenvalue weighted by molar-refractivity contribution is -0.141. The van der Waals surface area contributed by atoms with Crippen LogP contribution >= 0.6 is 0 Å². The minimum Gasteiger partial charge on any atom is -0.506 e. The van der Waals surface area contributed by atoms with E-state index >= 15 is 0 Å². The molecule has 7 nitrogen and oxygen atoms in total. The second kappa shape index (κ2) is 4.75. The number of aromatic hydroxyl groups is 1. The molecule has 1 unspecified atom stereocenters. The largest absolute Gasteiger partial charge is 0.506 e. The lowest BCUT2D eigenvalue weighted by Gasteiger charge is -2.33. The second-order valence-electron chi connectivity index (χ2n) is 5.16. The van der Waals surface area contributed by atoms with Gasteiger partial charge in [-0.3, -0.25) is 14.6 Å². The summed E-state index contributed by atoms with van der Waals surface area (Å²) in [5.74, 6) is -0.353. The van der Waals surface area contributed by atoms with Gasteiger partial charge in [0.15, 0.2) is 0 Å². The van der Waals surface area contributed by atoms with Gasteiger partial charge >= 0.3 is 0 Å². The van der Waals surface area contributed by atoms with Crippen molar-refractivity contribution in [2.75, 3.05) is 26.2 Å². The molecule has 0 aliphatic carbocycles. The van der Waals surface area contributed by atoms with E-state index in [0.717, 1.165) is 0 Å². The van der Waals surface area contributed by atoms with E-state index in [-0.39, 0.29) is 24.2 Å². The molecule has 3 rings (SSSR count). The van der Waals surface area contributed by atoms with Crippen molar-refractivity contribution < 1.29 is 19.4 Å². The molecule has 2 N–H and O–H groups in total. The van der Waals surface area contributed by atoms with Gasteiger partial charge in [0.05, 0.1) is 18.3 Å². The van der Waals surface area contributed by atoms with Crippen LogP contribution in [-0.2, 0) is 9.53 Å². The number of nitrogens with one attached hydrogen (secondary N) is 1. The van der Waals surface area contributed by atoms with Crippen LogP contribution < -0.4 is 5.32 Å². The van der Waals surface area contributed by atoms with E-state index in [0.29, 0.717) is 31.6 Å². The molecule has 1 atom stereocenters. The van der Waals surface area contributed by atoms with Crippen LogP contribution in [0.25, 0.3) is 0 Å². The van der Waals surface area contributed by atoms with Crippen LogP contribution in [0.1, 0.15) is 16.8 Å². The molecule has 0 aromatic carbocycles. The molecule has 2 aliphatic heterocycles. The van der Waals surface area contributed by atoms with Crippen LogP contribution in [-0.4, -0.2) is 58.6 Å². The molecule has 2 amide bonds.